The monoisotopic (exact) mass is 529 g/mol. The van der Waals surface area contributed by atoms with Gasteiger partial charge < -0.3 is 4.72 Å². The van der Waals surface area contributed by atoms with Crippen molar-refractivity contribution in [2.24, 2.45) is 0 Å². The molecule has 0 amide bonds. The maximum atomic E-state index is 13.5. The molecule has 0 aliphatic heterocycles. The molecular formula is C26H26ClF2N5OS. The molecule has 1 unspecified atom stereocenters. The summed E-state index contributed by atoms with van der Waals surface area (Å²) in [5, 5.41) is 3.80. The first-order chi connectivity index (χ1) is 17.2. The van der Waals surface area contributed by atoms with Gasteiger partial charge in [-0.25, -0.2) is 4.68 Å². The summed E-state index contributed by atoms with van der Waals surface area (Å²) in [4.78, 5) is 18.1. The summed E-state index contributed by atoms with van der Waals surface area (Å²) >= 11 is 8.11. The van der Waals surface area contributed by atoms with E-state index < -0.39 is 6.55 Å². The third-order valence-electron chi connectivity index (χ3n) is 5.98. The van der Waals surface area contributed by atoms with E-state index >= 15 is 0 Å². The van der Waals surface area contributed by atoms with Crippen LogP contribution in [0.5, 0.6) is 0 Å². The lowest BCUT2D eigenvalue weighted by Crippen LogP contribution is -2.24. The van der Waals surface area contributed by atoms with Crippen molar-refractivity contribution in [1.29, 1.82) is 0 Å². The number of aromatic nitrogens is 4. The van der Waals surface area contributed by atoms with Crippen molar-refractivity contribution in [3.8, 4) is 16.9 Å². The van der Waals surface area contributed by atoms with Gasteiger partial charge in [0.15, 0.2) is 0 Å². The minimum Gasteiger partial charge on any atom is -0.330 e. The van der Waals surface area contributed by atoms with E-state index in [1.165, 1.54) is 24.3 Å². The second-order valence-electron chi connectivity index (χ2n) is 8.65. The summed E-state index contributed by atoms with van der Waals surface area (Å²) in [6, 6.07) is 11.7. The van der Waals surface area contributed by atoms with E-state index in [1.807, 2.05) is 63.4 Å². The molecule has 36 heavy (non-hydrogen) atoms. The predicted octanol–water partition coefficient (Wildman–Crippen LogP) is 6.80. The van der Waals surface area contributed by atoms with Gasteiger partial charge >= 0.3 is 6.55 Å². The molecule has 0 saturated heterocycles. The molecule has 188 valence electrons. The molecule has 0 fully saturated rings. The Morgan fingerprint density at radius 3 is 2.64 bits per heavy atom. The lowest BCUT2D eigenvalue weighted by Gasteiger charge is -2.19. The molecule has 1 aromatic carbocycles. The third kappa shape index (κ3) is 5.32. The van der Waals surface area contributed by atoms with E-state index in [0.717, 1.165) is 22.5 Å². The smallest absolute Gasteiger partial charge is 0.330 e. The number of benzene rings is 1. The molecule has 6 nitrogen and oxygen atoms in total. The normalized spacial score (nSPS) is 12.2. The van der Waals surface area contributed by atoms with Crippen molar-refractivity contribution in [2.75, 3.05) is 11.0 Å². The van der Waals surface area contributed by atoms with E-state index in [0.29, 0.717) is 33.6 Å². The van der Waals surface area contributed by atoms with Gasteiger partial charge in [-0.3, -0.25) is 14.3 Å². The summed E-state index contributed by atoms with van der Waals surface area (Å²) < 4.78 is 31.2. The number of aryl methyl sites for hydroxylation is 2. The van der Waals surface area contributed by atoms with E-state index in [4.69, 9.17) is 11.6 Å². The second-order valence-corrected chi connectivity index (χ2v) is 9.64. The highest BCUT2D eigenvalue weighted by atomic mass is 35.5. The summed E-state index contributed by atoms with van der Waals surface area (Å²) in [5.74, 6) is -0.172. The number of hydrogen-bond acceptors (Lipinski definition) is 5. The zero-order valence-corrected chi connectivity index (χ0v) is 21.9. The number of anilines is 1. The predicted molar refractivity (Wildman–Crippen MR) is 142 cm³/mol. The third-order valence-corrected chi connectivity index (χ3v) is 6.80. The average Bonchev–Trinajstić information content (AvgIpc) is 3.32. The molecule has 0 radical (unpaired) electrons. The molecule has 1 atom stereocenters. The van der Waals surface area contributed by atoms with Crippen molar-refractivity contribution in [1.82, 2.24) is 19.3 Å². The lowest BCUT2D eigenvalue weighted by atomic mass is 9.95. The largest absolute Gasteiger partial charge is 0.333 e. The molecule has 3 aromatic heterocycles. The number of nitrogens with zero attached hydrogens (tertiary/aromatic N) is 4. The van der Waals surface area contributed by atoms with Gasteiger partial charge in [0.1, 0.15) is 5.02 Å². The highest BCUT2D eigenvalue weighted by Crippen LogP contribution is 2.29. The molecular weight excluding hydrogens is 504 g/mol. The number of nitrogens with one attached hydrogen (secondary N) is 1. The van der Waals surface area contributed by atoms with E-state index in [-0.39, 0.29) is 16.5 Å². The van der Waals surface area contributed by atoms with E-state index in [9.17, 15) is 13.6 Å². The van der Waals surface area contributed by atoms with Gasteiger partial charge in [-0.15, -0.1) is 0 Å². The topological polar surface area (TPSA) is 64.7 Å². The van der Waals surface area contributed by atoms with Gasteiger partial charge in [0.2, 0.25) is 0 Å². The van der Waals surface area contributed by atoms with Crippen LogP contribution in [0.3, 0.4) is 0 Å². The fourth-order valence-electron chi connectivity index (χ4n) is 4.22. The van der Waals surface area contributed by atoms with Crippen LogP contribution in [0.1, 0.15) is 41.8 Å². The van der Waals surface area contributed by atoms with Crippen LogP contribution < -0.4 is 10.3 Å². The van der Waals surface area contributed by atoms with E-state index in [1.54, 1.807) is 10.8 Å². The van der Waals surface area contributed by atoms with Crippen LogP contribution in [-0.4, -0.2) is 25.6 Å². The van der Waals surface area contributed by atoms with Crippen molar-refractivity contribution in [2.45, 2.75) is 39.7 Å². The highest BCUT2D eigenvalue weighted by molar-refractivity contribution is 7.99. The average molecular weight is 530 g/mol. The van der Waals surface area contributed by atoms with Crippen molar-refractivity contribution in [3.63, 3.8) is 0 Å². The van der Waals surface area contributed by atoms with Gasteiger partial charge in [-0.1, -0.05) is 42.6 Å². The Kier molecular flexibility index (Phi) is 7.80. The SMILES string of the molecule is CSNc1cccc(-c2cc(-n3c(C)cc(C(C)Cc4cnn(C(F)F)c4)c(Cl)c3=O)c(C)cn2)c1. The minimum atomic E-state index is -2.69. The molecule has 10 heteroatoms. The molecule has 1 N–H and O–H groups in total. The molecule has 0 aliphatic rings. The maximum Gasteiger partial charge on any atom is 0.333 e. The van der Waals surface area contributed by atoms with Crippen molar-refractivity contribution in [3.05, 3.63) is 92.7 Å². The van der Waals surface area contributed by atoms with Gasteiger partial charge in [-0.2, -0.15) is 13.9 Å². The highest BCUT2D eigenvalue weighted by Gasteiger charge is 2.20. The van der Waals surface area contributed by atoms with Crippen LogP contribution in [-0.2, 0) is 6.42 Å². The number of pyridine rings is 2. The second kappa shape index (κ2) is 10.8. The molecule has 0 bridgehead atoms. The summed E-state index contributed by atoms with van der Waals surface area (Å²) in [7, 11) is 0. The Morgan fingerprint density at radius 1 is 1.17 bits per heavy atom. The molecule has 0 aliphatic carbocycles. The van der Waals surface area contributed by atoms with Gasteiger partial charge in [0, 0.05) is 35.6 Å². The Bertz CT molecular complexity index is 1450. The Balaban J connectivity index is 1.71. The van der Waals surface area contributed by atoms with Crippen LogP contribution in [0, 0.1) is 13.8 Å². The molecule has 3 heterocycles. The zero-order valence-electron chi connectivity index (χ0n) is 20.3. The van der Waals surface area contributed by atoms with Crippen molar-refractivity contribution >= 4 is 29.2 Å². The van der Waals surface area contributed by atoms with Crippen LogP contribution in [0.4, 0.5) is 14.5 Å². The van der Waals surface area contributed by atoms with Crippen LogP contribution >= 0.6 is 23.5 Å². The summed E-state index contributed by atoms with van der Waals surface area (Å²) in [6.07, 6.45) is 6.85. The molecule has 0 saturated carbocycles. The number of rotatable bonds is 8. The van der Waals surface area contributed by atoms with Crippen LogP contribution in [0.2, 0.25) is 5.02 Å². The zero-order chi connectivity index (χ0) is 26.0. The number of halogens is 3. The van der Waals surface area contributed by atoms with Crippen LogP contribution in [0.25, 0.3) is 16.9 Å². The Morgan fingerprint density at radius 2 is 1.94 bits per heavy atom. The fraction of sp³-hybridized carbons (Fsp3) is 0.269. The van der Waals surface area contributed by atoms with Crippen molar-refractivity contribution < 1.29 is 8.78 Å². The number of hydrogen-bond donors (Lipinski definition) is 1. The van der Waals surface area contributed by atoms with Crippen LogP contribution in [0.15, 0.2) is 59.8 Å². The summed E-state index contributed by atoms with van der Waals surface area (Å²) in [5.41, 5.74) is 5.84. The quantitative estimate of drug-likeness (QED) is 0.254. The fourth-order valence-corrected chi connectivity index (χ4v) is 4.91. The Labute approximate surface area is 217 Å². The van der Waals surface area contributed by atoms with Gasteiger partial charge in [-0.05, 0) is 67.1 Å². The minimum absolute atomic E-state index is 0.110. The first kappa shape index (κ1) is 25.9. The van der Waals surface area contributed by atoms with E-state index in [2.05, 4.69) is 14.8 Å². The van der Waals surface area contributed by atoms with Gasteiger partial charge in [0.25, 0.3) is 5.56 Å². The molecule has 4 aromatic rings. The molecule has 4 rings (SSSR count). The lowest BCUT2D eigenvalue weighted by molar-refractivity contribution is 0.0565. The first-order valence-corrected chi connectivity index (χ1v) is 12.9. The Hall–Kier alpha value is -3.17. The summed E-state index contributed by atoms with van der Waals surface area (Å²) in [6.45, 7) is 2.97. The number of alkyl halides is 2. The first-order valence-electron chi connectivity index (χ1n) is 11.3. The molecule has 0 spiro atoms. The van der Waals surface area contributed by atoms with Gasteiger partial charge in [0.05, 0.1) is 17.6 Å². The maximum absolute atomic E-state index is 13.5. The standard InChI is InChI=1S/C26H26ClF2N5OS/c1-15(8-18-13-31-33(14-18)26(28)29)21-9-17(3)34(25(35)24(21)27)23-11-22(30-12-16(23)2)19-6-5-7-20(10-19)32-36-4/h5-7,9-15,26,32H,8H2,1-4H3.